The molecule has 1 heterocycles. The Morgan fingerprint density at radius 1 is 0.976 bits per heavy atom. The molecule has 0 saturated carbocycles. The van der Waals surface area contributed by atoms with Gasteiger partial charge in [-0.15, -0.1) is 0 Å². The molecule has 2 N–H and O–H groups in total. The van der Waals surface area contributed by atoms with Gasteiger partial charge in [-0.3, -0.25) is 19.2 Å². The summed E-state index contributed by atoms with van der Waals surface area (Å²) >= 11 is 12.2. The highest BCUT2D eigenvalue weighted by atomic mass is 35.5. The molecule has 3 amide bonds. The SMILES string of the molecule is CC(C)COC(=O)CNC(=O)CCC(=O)Nc1cccc([C@@H](CN2CCCC2)N(C)C(=O)Cc2ccc(Cl)c(Cl)c2)c1. The van der Waals surface area contributed by atoms with Gasteiger partial charge in [-0.05, 0) is 67.2 Å². The van der Waals surface area contributed by atoms with E-state index < -0.39 is 11.9 Å². The number of likely N-dealkylation sites (N-methyl/N-ethyl adjacent to an activating group) is 1. The Bertz CT molecular complexity index is 1250. The highest BCUT2D eigenvalue weighted by Crippen LogP contribution is 2.27. The van der Waals surface area contributed by atoms with Crippen molar-refractivity contribution in [2.24, 2.45) is 5.92 Å². The fraction of sp³-hybridized carbons (Fsp3) is 0.484. The van der Waals surface area contributed by atoms with Gasteiger partial charge in [0.2, 0.25) is 17.7 Å². The molecule has 42 heavy (non-hydrogen) atoms. The first-order chi connectivity index (χ1) is 20.0. The van der Waals surface area contributed by atoms with Crippen molar-refractivity contribution in [3.05, 3.63) is 63.6 Å². The lowest BCUT2D eigenvalue weighted by molar-refractivity contribution is -0.145. The van der Waals surface area contributed by atoms with Crippen molar-refractivity contribution in [2.45, 2.75) is 52.0 Å². The highest BCUT2D eigenvalue weighted by molar-refractivity contribution is 6.42. The van der Waals surface area contributed by atoms with E-state index in [1.165, 1.54) is 0 Å². The van der Waals surface area contributed by atoms with E-state index in [1.54, 1.807) is 36.2 Å². The number of nitrogens with zero attached hydrogens (tertiary/aromatic N) is 2. The number of carbonyl (C=O) groups is 4. The van der Waals surface area contributed by atoms with Crippen LogP contribution in [0.15, 0.2) is 42.5 Å². The summed E-state index contributed by atoms with van der Waals surface area (Å²) in [4.78, 5) is 53.9. The second-order valence-electron chi connectivity index (χ2n) is 11.0. The average molecular weight is 620 g/mol. The molecule has 0 bridgehead atoms. The zero-order chi connectivity index (χ0) is 30.6. The van der Waals surface area contributed by atoms with Gasteiger partial charge >= 0.3 is 5.97 Å². The minimum atomic E-state index is -0.512. The molecular formula is C31H40Cl2N4O5. The average Bonchev–Trinajstić information content (AvgIpc) is 3.47. The predicted octanol–water partition coefficient (Wildman–Crippen LogP) is 4.87. The van der Waals surface area contributed by atoms with E-state index in [1.807, 2.05) is 32.0 Å². The van der Waals surface area contributed by atoms with Gasteiger partial charge in [-0.25, -0.2) is 0 Å². The molecule has 3 rings (SSSR count). The first kappa shape index (κ1) is 33.4. The largest absolute Gasteiger partial charge is 0.464 e. The van der Waals surface area contributed by atoms with Crippen LogP contribution in [0.3, 0.4) is 0 Å². The standard InChI is InChI=1S/C31H40Cl2N4O5/c1-21(2)20-42-31(41)18-34-28(38)11-12-29(39)35-24-8-6-7-23(17-24)27(19-37-13-4-5-14-37)36(3)30(40)16-22-9-10-25(32)26(33)15-22/h6-10,15,17,21,27H,4-5,11-14,16,18-20H2,1-3H3,(H,34,38)(H,35,39)/t27-/m1/s1. The summed E-state index contributed by atoms with van der Waals surface area (Å²) in [7, 11) is 1.79. The topological polar surface area (TPSA) is 108 Å². The molecule has 2 aromatic rings. The van der Waals surface area contributed by atoms with Crippen LogP contribution in [0.2, 0.25) is 10.0 Å². The van der Waals surface area contributed by atoms with Gasteiger partial charge in [-0.1, -0.05) is 55.2 Å². The smallest absolute Gasteiger partial charge is 0.325 e. The number of amides is 3. The summed E-state index contributed by atoms with van der Waals surface area (Å²) < 4.78 is 5.03. The Morgan fingerprint density at radius 2 is 1.69 bits per heavy atom. The van der Waals surface area contributed by atoms with Crippen molar-refractivity contribution >= 4 is 52.6 Å². The second-order valence-corrected chi connectivity index (χ2v) is 11.8. The van der Waals surface area contributed by atoms with Gasteiger partial charge in [0.1, 0.15) is 6.54 Å². The molecule has 1 aliphatic heterocycles. The highest BCUT2D eigenvalue weighted by Gasteiger charge is 2.26. The van der Waals surface area contributed by atoms with Crippen LogP contribution in [-0.2, 0) is 30.3 Å². The summed E-state index contributed by atoms with van der Waals surface area (Å²) in [5, 5.41) is 6.17. The van der Waals surface area contributed by atoms with E-state index in [0.717, 1.165) is 37.1 Å². The molecule has 1 saturated heterocycles. The van der Waals surface area contributed by atoms with Crippen molar-refractivity contribution in [3.8, 4) is 0 Å². The maximum absolute atomic E-state index is 13.4. The number of anilines is 1. The number of likely N-dealkylation sites (tertiary alicyclic amines) is 1. The molecule has 9 nitrogen and oxygen atoms in total. The Hall–Kier alpha value is -3.14. The third-order valence-corrected chi connectivity index (χ3v) is 7.71. The van der Waals surface area contributed by atoms with Gasteiger partial charge in [0.05, 0.1) is 29.1 Å². The number of esters is 1. The Morgan fingerprint density at radius 3 is 2.38 bits per heavy atom. The van der Waals surface area contributed by atoms with E-state index in [2.05, 4.69) is 15.5 Å². The van der Waals surface area contributed by atoms with Crippen molar-refractivity contribution in [3.63, 3.8) is 0 Å². The lowest BCUT2D eigenvalue weighted by Gasteiger charge is -2.32. The van der Waals surface area contributed by atoms with E-state index in [4.69, 9.17) is 27.9 Å². The minimum Gasteiger partial charge on any atom is -0.464 e. The third-order valence-electron chi connectivity index (χ3n) is 6.97. The maximum atomic E-state index is 13.4. The van der Waals surface area contributed by atoms with E-state index in [9.17, 15) is 19.2 Å². The number of benzene rings is 2. The van der Waals surface area contributed by atoms with Crippen LogP contribution < -0.4 is 10.6 Å². The molecule has 11 heteroatoms. The van der Waals surface area contributed by atoms with Crippen molar-refractivity contribution in [1.82, 2.24) is 15.1 Å². The van der Waals surface area contributed by atoms with Crippen LogP contribution in [0.25, 0.3) is 0 Å². The van der Waals surface area contributed by atoms with Gasteiger partial charge in [0.25, 0.3) is 0 Å². The summed E-state index contributed by atoms with van der Waals surface area (Å²) in [5.74, 6) is -1.11. The molecule has 0 aliphatic carbocycles. The fourth-order valence-electron chi connectivity index (χ4n) is 4.63. The summed E-state index contributed by atoms with van der Waals surface area (Å²) in [6, 6.07) is 12.4. The minimum absolute atomic E-state index is 0.0453. The van der Waals surface area contributed by atoms with Crippen molar-refractivity contribution < 1.29 is 23.9 Å². The Kier molecular flexibility index (Phi) is 13.1. The summed E-state index contributed by atoms with van der Waals surface area (Å²) in [5.41, 5.74) is 2.24. The third kappa shape index (κ3) is 10.9. The summed E-state index contributed by atoms with van der Waals surface area (Å²) in [6.07, 6.45) is 2.31. The number of hydrogen-bond donors (Lipinski definition) is 2. The van der Waals surface area contributed by atoms with Crippen molar-refractivity contribution in [2.75, 3.05) is 45.2 Å². The first-order valence-electron chi connectivity index (χ1n) is 14.3. The lowest BCUT2D eigenvalue weighted by atomic mass is 10.0. The molecule has 228 valence electrons. The van der Waals surface area contributed by atoms with Crippen LogP contribution >= 0.6 is 23.2 Å². The molecule has 1 fully saturated rings. The second kappa shape index (κ2) is 16.5. The van der Waals surface area contributed by atoms with Gasteiger partial charge < -0.3 is 25.2 Å². The zero-order valence-corrected chi connectivity index (χ0v) is 26.0. The number of nitrogens with one attached hydrogen (secondary N) is 2. The summed E-state index contributed by atoms with van der Waals surface area (Å²) in [6.45, 7) is 6.51. The van der Waals surface area contributed by atoms with E-state index in [0.29, 0.717) is 22.3 Å². The van der Waals surface area contributed by atoms with Gasteiger partial charge in [0.15, 0.2) is 0 Å². The molecular weight excluding hydrogens is 579 g/mol. The lowest BCUT2D eigenvalue weighted by Crippen LogP contribution is -2.39. The van der Waals surface area contributed by atoms with Crippen LogP contribution in [0, 0.1) is 5.92 Å². The Labute approximate surface area is 257 Å². The number of halogens is 2. The predicted molar refractivity (Wildman–Crippen MR) is 164 cm³/mol. The van der Waals surface area contributed by atoms with Crippen LogP contribution in [-0.4, -0.2) is 73.3 Å². The quantitative estimate of drug-likeness (QED) is 0.293. The normalized spacial score (nSPS) is 14.0. The number of rotatable bonds is 14. The molecule has 0 radical (unpaired) electrons. The fourth-order valence-corrected chi connectivity index (χ4v) is 4.95. The van der Waals surface area contributed by atoms with Gasteiger partial charge in [-0.2, -0.15) is 0 Å². The molecule has 1 atom stereocenters. The monoisotopic (exact) mass is 618 g/mol. The molecule has 1 aliphatic rings. The van der Waals surface area contributed by atoms with Gasteiger partial charge in [0, 0.05) is 32.1 Å². The number of ether oxygens (including phenoxy) is 1. The Balaban J connectivity index is 1.61. The van der Waals surface area contributed by atoms with E-state index >= 15 is 0 Å². The van der Waals surface area contributed by atoms with Crippen LogP contribution in [0.5, 0.6) is 0 Å². The first-order valence-corrected chi connectivity index (χ1v) is 15.0. The maximum Gasteiger partial charge on any atom is 0.325 e. The molecule has 0 spiro atoms. The van der Waals surface area contributed by atoms with Crippen LogP contribution in [0.1, 0.15) is 56.7 Å². The number of carbonyl (C=O) groups excluding carboxylic acids is 4. The number of hydrogen-bond acceptors (Lipinski definition) is 6. The molecule has 0 unspecified atom stereocenters. The molecule has 0 aromatic heterocycles. The van der Waals surface area contributed by atoms with Crippen molar-refractivity contribution in [1.29, 1.82) is 0 Å². The van der Waals surface area contributed by atoms with E-state index in [-0.39, 0.29) is 56.2 Å². The zero-order valence-electron chi connectivity index (χ0n) is 24.5. The van der Waals surface area contributed by atoms with Crippen LogP contribution in [0.4, 0.5) is 5.69 Å². The molecule has 2 aromatic carbocycles.